The highest BCUT2D eigenvalue weighted by molar-refractivity contribution is 7.92. The fraction of sp³-hybridized carbons (Fsp3) is 0.462. The van der Waals surface area contributed by atoms with Gasteiger partial charge in [0.2, 0.25) is 10.0 Å². The maximum atomic E-state index is 12.0. The number of nitrogens with one attached hydrogen (secondary N) is 1. The zero-order valence-corrected chi connectivity index (χ0v) is 13.1. The summed E-state index contributed by atoms with van der Waals surface area (Å²) in [6.07, 6.45) is 1.48. The fourth-order valence-corrected chi connectivity index (χ4v) is 3.41. The standard InChI is InChI=1S/C13H18N2O4S2/c14-13(20)8-19-11-5-3-10(4-6-11)15-21(16,17)9-12-2-1-7-18-12/h3-6,12,15H,1-2,7-9H2,(H2,14,20). The third kappa shape index (κ3) is 5.49. The van der Waals surface area contributed by atoms with Crippen molar-refractivity contribution in [2.24, 2.45) is 5.73 Å². The van der Waals surface area contributed by atoms with Gasteiger partial charge in [0.15, 0.2) is 0 Å². The van der Waals surface area contributed by atoms with Gasteiger partial charge < -0.3 is 15.2 Å². The van der Waals surface area contributed by atoms with Crippen LogP contribution in [-0.4, -0.2) is 38.5 Å². The highest BCUT2D eigenvalue weighted by atomic mass is 32.2. The van der Waals surface area contributed by atoms with E-state index in [2.05, 4.69) is 4.72 Å². The summed E-state index contributed by atoms with van der Waals surface area (Å²) in [4.78, 5) is 0.261. The van der Waals surface area contributed by atoms with E-state index < -0.39 is 10.0 Å². The third-order valence-electron chi connectivity index (χ3n) is 2.94. The molecule has 0 bridgehead atoms. The van der Waals surface area contributed by atoms with Crippen molar-refractivity contribution in [3.05, 3.63) is 24.3 Å². The number of hydrogen-bond donors (Lipinski definition) is 2. The molecule has 2 rings (SSSR count). The molecule has 6 nitrogen and oxygen atoms in total. The van der Waals surface area contributed by atoms with Crippen LogP contribution < -0.4 is 15.2 Å². The maximum absolute atomic E-state index is 12.0. The molecule has 0 radical (unpaired) electrons. The number of benzene rings is 1. The van der Waals surface area contributed by atoms with Crippen LogP contribution in [0.1, 0.15) is 12.8 Å². The molecule has 1 fully saturated rings. The van der Waals surface area contributed by atoms with Gasteiger partial charge in [0.25, 0.3) is 0 Å². The zero-order valence-electron chi connectivity index (χ0n) is 11.4. The van der Waals surface area contributed by atoms with Crippen LogP contribution in [0, 0.1) is 0 Å². The molecule has 1 aliphatic heterocycles. The Morgan fingerprint density at radius 3 is 2.71 bits per heavy atom. The largest absolute Gasteiger partial charge is 0.487 e. The summed E-state index contributed by atoms with van der Waals surface area (Å²) in [7, 11) is -3.41. The summed E-state index contributed by atoms with van der Waals surface area (Å²) in [5.41, 5.74) is 5.82. The van der Waals surface area contributed by atoms with Crippen LogP contribution in [0.2, 0.25) is 0 Å². The number of rotatable bonds is 7. The Morgan fingerprint density at radius 1 is 1.43 bits per heavy atom. The Balaban J connectivity index is 1.91. The summed E-state index contributed by atoms with van der Waals surface area (Å²) in [5.74, 6) is 0.553. The maximum Gasteiger partial charge on any atom is 0.235 e. The molecule has 0 amide bonds. The lowest BCUT2D eigenvalue weighted by atomic mass is 10.3. The van der Waals surface area contributed by atoms with Crippen molar-refractivity contribution in [3.63, 3.8) is 0 Å². The van der Waals surface area contributed by atoms with Gasteiger partial charge in [-0.1, -0.05) is 12.2 Å². The lowest BCUT2D eigenvalue weighted by Gasteiger charge is -2.12. The lowest BCUT2D eigenvalue weighted by Crippen LogP contribution is -2.25. The van der Waals surface area contributed by atoms with Gasteiger partial charge >= 0.3 is 0 Å². The topological polar surface area (TPSA) is 90.6 Å². The number of thiocarbonyl (C=S) groups is 1. The van der Waals surface area contributed by atoms with Gasteiger partial charge in [-0.3, -0.25) is 4.72 Å². The van der Waals surface area contributed by atoms with Crippen LogP contribution in [0.5, 0.6) is 5.75 Å². The number of nitrogens with two attached hydrogens (primary N) is 1. The predicted molar refractivity (Wildman–Crippen MR) is 85.1 cm³/mol. The Hall–Kier alpha value is -1.38. The van der Waals surface area contributed by atoms with Crippen LogP contribution in [0.25, 0.3) is 0 Å². The van der Waals surface area contributed by atoms with Crippen LogP contribution in [0.4, 0.5) is 5.69 Å². The molecular formula is C13H18N2O4S2. The van der Waals surface area contributed by atoms with Crippen molar-refractivity contribution in [2.75, 3.05) is 23.7 Å². The van der Waals surface area contributed by atoms with E-state index in [1.165, 1.54) is 0 Å². The van der Waals surface area contributed by atoms with E-state index in [1.807, 2.05) is 0 Å². The third-order valence-corrected chi connectivity index (χ3v) is 4.41. The minimum atomic E-state index is -3.41. The molecule has 21 heavy (non-hydrogen) atoms. The van der Waals surface area contributed by atoms with E-state index >= 15 is 0 Å². The average Bonchev–Trinajstić information content (AvgIpc) is 2.89. The molecule has 8 heteroatoms. The van der Waals surface area contributed by atoms with E-state index in [0.717, 1.165) is 12.8 Å². The molecule has 1 unspecified atom stereocenters. The smallest absolute Gasteiger partial charge is 0.235 e. The van der Waals surface area contributed by atoms with Gasteiger partial charge in [-0.25, -0.2) is 8.42 Å². The highest BCUT2D eigenvalue weighted by Gasteiger charge is 2.23. The Morgan fingerprint density at radius 2 is 2.14 bits per heavy atom. The second-order valence-electron chi connectivity index (χ2n) is 4.80. The fourth-order valence-electron chi connectivity index (χ4n) is 2.02. The van der Waals surface area contributed by atoms with Crippen LogP contribution in [-0.2, 0) is 14.8 Å². The normalized spacial score (nSPS) is 18.4. The van der Waals surface area contributed by atoms with Gasteiger partial charge in [-0.2, -0.15) is 0 Å². The van der Waals surface area contributed by atoms with Crippen LogP contribution in [0.3, 0.4) is 0 Å². The van der Waals surface area contributed by atoms with Crippen molar-refractivity contribution in [1.29, 1.82) is 0 Å². The minimum Gasteiger partial charge on any atom is -0.487 e. The molecular weight excluding hydrogens is 312 g/mol. The number of hydrogen-bond acceptors (Lipinski definition) is 5. The van der Waals surface area contributed by atoms with Crippen molar-refractivity contribution in [2.45, 2.75) is 18.9 Å². The molecule has 1 atom stereocenters. The molecule has 0 saturated carbocycles. The average molecular weight is 330 g/mol. The van der Waals surface area contributed by atoms with E-state index in [9.17, 15) is 8.42 Å². The Bertz CT molecular complexity index is 581. The first kappa shape index (κ1) is 16.0. The summed E-state index contributed by atoms with van der Waals surface area (Å²) in [6, 6.07) is 6.56. The molecule has 1 aliphatic rings. The first-order chi connectivity index (χ1) is 9.94. The second-order valence-corrected chi connectivity index (χ2v) is 7.09. The monoisotopic (exact) mass is 330 g/mol. The molecule has 116 valence electrons. The molecule has 1 aromatic rings. The van der Waals surface area contributed by atoms with Gasteiger partial charge in [-0.15, -0.1) is 0 Å². The number of anilines is 1. The molecule has 1 heterocycles. The second kappa shape index (κ2) is 7.06. The van der Waals surface area contributed by atoms with E-state index in [1.54, 1.807) is 24.3 Å². The first-order valence-corrected chi connectivity index (χ1v) is 8.64. The summed E-state index contributed by atoms with van der Waals surface area (Å²) < 4.78 is 37.2. The Labute approximate surface area is 129 Å². The number of ether oxygens (including phenoxy) is 2. The molecule has 1 aromatic carbocycles. The first-order valence-electron chi connectivity index (χ1n) is 6.58. The summed E-state index contributed by atoms with van der Waals surface area (Å²) in [5, 5.41) is 0. The van der Waals surface area contributed by atoms with Gasteiger partial charge in [0, 0.05) is 12.3 Å². The van der Waals surface area contributed by atoms with Gasteiger partial charge in [0.1, 0.15) is 17.3 Å². The number of sulfonamides is 1. The SMILES string of the molecule is NC(=S)COc1ccc(NS(=O)(=O)CC2CCCO2)cc1. The molecule has 0 spiro atoms. The molecule has 0 aromatic heterocycles. The van der Waals surface area contributed by atoms with E-state index in [-0.39, 0.29) is 23.5 Å². The van der Waals surface area contributed by atoms with Crippen molar-refractivity contribution >= 4 is 32.9 Å². The predicted octanol–water partition coefficient (Wildman–Crippen LogP) is 1.27. The molecule has 3 N–H and O–H groups in total. The van der Waals surface area contributed by atoms with Gasteiger partial charge in [0.05, 0.1) is 11.9 Å². The van der Waals surface area contributed by atoms with E-state index in [0.29, 0.717) is 18.0 Å². The van der Waals surface area contributed by atoms with Crippen LogP contribution in [0.15, 0.2) is 24.3 Å². The van der Waals surface area contributed by atoms with Crippen molar-refractivity contribution < 1.29 is 17.9 Å². The van der Waals surface area contributed by atoms with E-state index in [4.69, 9.17) is 27.4 Å². The quantitative estimate of drug-likeness (QED) is 0.732. The highest BCUT2D eigenvalue weighted by Crippen LogP contribution is 2.19. The van der Waals surface area contributed by atoms with Crippen molar-refractivity contribution in [1.82, 2.24) is 0 Å². The molecule has 0 aliphatic carbocycles. The summed E-state index contributed by atoms with van der Waals surface area (Å²) in [6.45, 7) is 0.786. The van der Waals surface area contributed by atoms with Gasteiger partial charge in [-0.05, 0) is 37.1 Å². The van der Waals surface area contributed by atoms with Crippen LogP contribution >= 0.6 is 12.2 Å². The molecule has 1 saturated heterocycles. The zero-order chi connectivity index (χ0) is 15.3. The van der Waals surface area contributed by atoms with Crippen molar-refractivity contribution in [3.8, 4) is 5.75 Å². The lowest BCUT2D eigenvalue weighted by molar-refractivity contribution is 0.127. The Kier molecular flexibility index (Phi) is 5.38. The summed E-state index contributed by atoms with van der Waals surface area (Å²) >= 11 is 4.71. The minimum absolute atomic E-state index is 0.0211.